The molecule has 0 bridgehead atoms. The normalized spacial score (nSPS) is 25.6. The minimum atomic E-state index is -5.00. The molecule has 160 valence electrons. The topological polar surface area (TPSA) is 91.6 Å². The number of aryl methyl sites for hydroxylation is 1. The van der Waals surface area contributed by atoms with Crippen LogP contribution in [0.4, 0.5) is 18.0 Å². The maximum Gasteiger partial charge on any atom is 0.425 e. The van der Waals surface area contributed by atoms with Crippen molar-refractivity contribution in [3.63, 3.8) is 0 Å². The van der Waals surface area contributed by atoms with Crippen molar-refractivity contribution in [2.24, 2.45) is 0 Å². The van der Waals surface area contributed by atoms with Gasteiger partial charge in [0.2, 0.25) is 11.4 Å². The van der Waals surface area contributed by atoms with E-state index in [2.05, 4.69) is 10.1 Å². The molecule has 0 spiro atoms. The Labute approximate surface area is 170 Å². The minimum absolute atomic E-state index is 0.109. The first kappa shape index (κ1) is 20.3. The van der Waals surface area contributed by atoms with Crippen LogP contribution < -0.4 is 5.32 Å². The summed E-state index contributed by atoms with van der Waals surface area (Å²) < 4.78 is 47.4. The fraction of sp³-hybridized carbons (Fsp3) is 0.474. The fourth-order valence-electron chi connectivity index (χ4n) is 4.01. The van der Waals surface area contributed by atoms with Crippen molar-refractivity contribution in [1.82, 2.24) is 25.3 Å². The number of aromatic nitrogens is 2. The number of benzene rings is 1. The first-order chi connectivity index (χ1) is 14.2. The van der Waals surface area contributed by atoms with Crippen molar-refractivity contribution in [2.45, 2.75) is 37.4 Å². The van der Waals surface area contributed by atoms with Gasteiger partial charge in [0.1, 0.15) is 0 Å². The van der Waals surface area contributed by atoms with E-state index in [1.807, 2.05) is 5.32 Å². The van der Waals surface area contributed by atoms with Crippen molar-refractivity contribution in [1.29, 1.82) is 0 Å². The molecule has 0 radical (unpaired) electrons. The Morgan fingerprint density at radius 1 is 1.27 bits per heavy atom. The zero-order valence-electron chi connectivity index (χ0n) is 16.1. The highest BCUT2D eigenvalue weighted by Gasteiger charge is 2.68. The quantitative estimate of drug-likeness (QED) is 0.760. The summed E-state index contributed by atoms with van der Waals surface area (Å²) in [5.41, 5.74) is -3.42. The second-order valence-electron chi connectivity index (χ2n) is 7.51. The lowest BCUT2D eigenvalue weighted by Crippen LogP contribution is -2.56. The number of likely N-dealkylation sites (tertiary alicyclic amines) is 1. The van der Waals surface area contributed by atoms with Gasteiger partial charge in [0, 0.05) is 6.54 Å². The molecular formula is C19H20F3N5O3. The third kappa shape index (κ3) is 3.32. The van der Waals surface area contributed by atoms with E-state index in [9.17, 15) is 22.8 Å². The predicted molar refractivity (Wildman–Crippen MR) is 97.0 cm³/mol. The van der Waals surface area contributed by atoms with E-state index in [1.54, 1.807) is 17.9 Å². The van der Waals surface area contributed by atoms with E-state index in [0.29, 0.717) is 29.7 Å². The van der Waals surface area contributed by atoms with Gasteiger partial charge >= 0.3 is 12.2 Å². The third-order valence-corrected chi connectivity index (χ3v) is 5.48. The largest absolute Gasteiger partial charge is 0.425 e. The van der Waals surface area contributed by atoms with Gasteiger partial charge in [-0.25, -0.2) is 9.69 Å². The first-order valence-electron chi connectivity index (χ1n) is 9.51. The van der Waals surface area contributed by atoms with E-state index in [1.165, 1.54) is 24.3 Å². The number of imide groups is 1. The number of hydrogen-bond acceptors (Lipinski definition) is 6. The smallest absolute Gasteiger partial charge is 0.339 e. The van der Waals surface area contributed by atoms with Crippen LogP contribution >= 0.6 is 0 Å². The van der Waals surface area contributed by atoms with Crippen molar-refractivity contribution in [3.8, 4) is 0 Å². The molecule has 30 heavy (non-hydrogen) atoms. The van der Waals surface area contributed by atoms with Crippen LogP contribution in [0.2, 0.25) is 0 Å². The highest BCUT2D eigenvalue weighted by molar-refractivity contribution is 6.08. The van der Waals surface area contributed by atoms with Gasteiger partial charge in [-0.1, -0.05) is 35.5 Å². The highest BCUT2D eigenvalue weighted by atomic mass is 19.4. The summed E-state index contributed by atoms with van der Waals surface area (Å²) in [7, 11) is 0. The molecule has 2 unspecified atom stereocenters. The van der Waals surface area contributed by atoms with Gasteiger partial charge in [0.25, 0.3) is 5.91 Å². The summed E-state index contributed by atoms with van der Waals surface area (Å²) in [5, 5.41) is 5.67. The number of nitrogens with one attached hydrogen (secondary N) is 1. The Hall–Kier alpha value is -2.95. The summed E-state index contributed by atoms with van der Waals surface area (Å²) >= 11 is 0. The van der Waals surface area contributed by atoms with Crippen molar-refractivity contribution in [3.05, 3.63) is 47.6 Å². The molecule has 1 aromatic heterocycles. The van der Waals surface area contributed by atoms with Crippen LogP contribution in [0.1, 0.15) is 36.0 Å². The number of carbonyl (C=O) groups is 2. The number of nitrogens with zero attached hydrogens (tertiary/aromatic N) is 4. The number of hydrogen-bond donors (Lipinski definition) is 1. The zero-order chi connectivity index (χ0) is 21.5. The molecule has 1 N–H and O–H groups in total. The summed E-state index contributed by atoms with van der Waals surface area (Å²) in [6.07, 6.45) is -3.50. The van der Waals surface area contributed by atoms with E-state index in [4.69, 9.17) is 4.52 Å². The lowest BCUT2D eigenvalue weighted by Gasteiger charge is -2.33. The zero-order valence-corrected chi connectivity index (χ0v) is 16.1. The van der Waals surface area contributed by atoms with Crippen LogP contribution in [0.25, 0.3) is 0 Å². The maximum absolute atomic E-state index is 14.1. The maximum atomic E-state index is 14.1. The summed E-state index contributed by atoms with van der Waals surface area (Å²) in [5.74, 6) is -0.499. The molecule has 2 saturated heterocycles. The number of urea groups is 1. The van der Waals surface area contributed by atoms with Crippen LogP contribution in [0, 0.1) is 6.92 Å². The van der Waals surface area contributed by atoms with E-state index < -0.39 is 23.7 Å². The molecule has 2 atom stereocenters. The van der Waals surface area contributed by atoms with Crippen molar-refractivity contribution < 1.29 is 27.3 Å². The fourth-order valence-corrected chi connectivity index (χ4v) is 4.01. The second kappa shape index (κ2) is 7.38. The number of rotatable bonds is 4. The Balaban J connectivity index is 1.56. The second-order valence-corrected chi connectivity index (χ2v) is 7.51. The van der Waals surface area contributed by atoms with E-state index in [-0.39, 0.29) is 18.2 Å². The molecule has 4 rings (SSSR count). The van der Waals surface area contributed by atoms with E-state index in [0.717, 1.165) is 12.8 Å². The number of halogens is 3. The molecule has 0 aliphatic carbocycles. The Morgan fingerprint density at radius 2 is 2.00 bits per heavy atom. The number of carbonyl (C=O) groups excluding carboxylic acids is 2. The minimum Gasteiger partial charge on any atom is -0.339 e. The average molecular weight is 423 g/mol. The Morgan fingerprint density at radius 3 is 2.63 bits per heavy atom. The molecule has 2 aliphatic rings. The lowest BCUT2D eigenvalue weighted by atomic mass is 9.89. The predicted octanol–water partition coefficient (Wildman–Crippen LogP) is 2.52. The standard InChI is InChI=1S/C19H20F3N5O3/c1-12-23-15(30-25-12)13-6-5-9-26(10-13)11-27-16(28)18(19(20,21)22,24-17(27)29)14-7-3-2-4-8-14/h2-4,7-8,13H,5-6,9-11H2,1H3,(H,24,29). The molecule has 0 saturated carbocycles. The molecule has 3 heterocycles. The third-order valence-electron chi connectivity index (χ3n) is 5.48. The number of amides is 3. The SMILES string of the molecule is Cc1noc(C2CCCN(CN3C(=O)NC(c4ccccc4)(C(F)(F)F)C3=O)C2)n1. The van der Waals surface area contributed by atoms with Gasteiger partial charge in [0.15, 0.2) is 5.82 Å². The average Bonchev–Trinajstić information content (AvgIpc) is 3.26. The number of alkyl halides is 3. The van der Waals surface area contributed by atoms with Crippen LogP contribution in [-0.4, -0.2) is 57.8 Å². The van der Waals surface area contributed by atoms with Crippen LogP contribution in [0.3, 0.4) is 0 Å². The van der Waals surface area contributed by atoms with Crippen LogP contribution in [0.5, 0.6) is 0 Å². The van der Waals surface area contributed by atoms with Crippen LogP contribution in [-0.2, 0) is 10.3 Å². The van der Waals surface area contributed by atoms with Gasteiger partial charge < -0.3 is 9.84 Å². The number of piperidine rings is 1. The molecule has 2 aliphatic heterocycles. The molecular weight excluding hydrogens is 403 g/mol. The molecule has 2 fully saturated rings. The van der Waals surface area contributed by atoms with Gasteiger partial charge in [-0.3, -0.25) is 9.69 Å². The molecule has 8 nitrogen and oxygen atoms in total. The van der Waals surface area contributed by atoms with Gasteiger partial charge in [0.05, 0.1) is 12.6 Å². The Bertz CT molecular complexity index is 948. The molecule has 1 aromatic carbocycles. The van der Waals surface area contributed by atoms with Crippen molar-refractivity contribution >= 4 is 11.9 Å². The molecule has 2 aromatic rings. The monoisotopic (exact) mass is 423 g/mol. The lowest BCUT2D eigenvalue weighted by molar-refractivity contribution is -0.198. The van der Waals surface area contributed by atoms with Gasteiger partial charge in [-0.15, -0.1) is 0 Å². The van der Waals surface area contributed by atoms with Crippen molar-refractivity contribution in [2.75, 3.05) is 19.8 Å². The van der Waals surface area contributed by atoms with Crippen LogP contribution in [0.15, 0.2) is 34.9 Å². The van der Waals surface area contributed by atoms with Gasteiger partial charge in [-0.2, -0.15) is 18.2 Å². The first-order valence-corrected chi connectivity index (χ1v) is 9.51. The molecule has 3 amide bonds. The summed E-state index contributed by atoms with van der Waals surface area (Å²) in [4.78, 5) is 32.0. The highest BCUT2D eigenvalue weighted by Crippen LogP contribution is 2.43. The molecule has 11 heteroatoms. The summed E-state index contributed by atoms with van der Waals surface area (Å²) in [6, 6.07) is 5.63. The summed E-state index contributed by atoms with van der Waals surface area (Å²) in [6.45, 7) is 2.37. The van der Waals surface area contributed by atoms with E-state index >= 15 is 0 Å². The Kier molecular flexibility index (Phi) is 5.00. The van der Waals surface area contributed by atoms with Gasteiger partial charge in [-0.05, 0) is 31.9 Å².